The van der Waals surface area contributed by atoms with Gasteiger partial charge in [0.1, 0.15) is 0 Å². The summed E-state index contributed by atoms with van der Waals surface area (Å²) in [4.78, 5) is 16.2. The quantitative estimate of drug-likeness (QED) is 0.836. The number of carbonyl (C=O) groups is 1. The molecule has 0 saturated carbocycles. The van der Waals surface area contributed by atoms with Crippen molar-refractivity contribution in [3.05, 3.63) is 42.1 Å². The Morgan fingerprint density at radius 1 is 1.41 bits per heavy atom. The van der Waals surface area contributed by atoms with Gasteiger partial charge in [-0.2, -0.15) is 0 Å². The van der Waals surface area contributed by atoms with Crippen molar-refractivity contribution in [2.75, 3.05) is 6.61 Å². The fourth-order valence-corrected chi connectivity index (χ4v) is 1.63. The first-order chi connectivity index (χ1) is 8.22. The number of carbonyl (C=O) groups excluding carboxylic acids is 1. The van der Waals surface area contributed by atoms with Gasteiger partial charge in [0.05, 0.1) is 17.7 Å². The SMILES string of the molecule is C[C@H](CO)NC(=O)c1cccc2cccnc12. The average Bonchev–Trinajstić information content (AvgIpc) is 2.37. The molecule has 1 heterocycles. The number of benzene rings is 1. The Bertz CT molecular complexity index is 534. The van der Waals surface area contributed by atoms with E-state index in [-0.39, 0.29) is 18.6 Å². The van der Waals surface area contributed by atoms with E-state index in [2.05, 4.69) is 10.3 Å². The molecule has 2 aromatic rings. The third-order valence-corrected chi connectivity index (χ3v) is 2.53. The maximum atomic E-state index is 12.0. The molecule has 0 aliphatic rings. The second-order valence-electron chi connectivity index (χ2n) is 3.94. The molecule has 1 amide bonds. The van der Waals surface area contributed by atoms with Crippen LogP contribution in [-0.4, -0.2) is 28.6 Å². The number of pyridine rings is 1. The van der Waals surface area contributed by atoms with E-state index in [1.165, 1.54) is 0 Å². The maximum Gasteiger partial charge on any atom is 0.253 e. The topological polar surface area (TPSA) is 62.2 Å². The van der Waals surface area contributed by atoms with Gasteiger partial charge in [-0.1, -0.05) is 18.2 Å². The number of nitrogens with zero attached hydrogens (tertiary/aromatic N) is 1. The number of amides is 1. The largest absolute Gasteiger partial charge is 0.394 e. The van der Waals surface area contributed by atoms with Crippen LogP contribution in [0.1, 0.15) is 17.3 Å². The Morgan fingerprint density at radius 3 is 2.94 bits per heavy atom. The molecule has 0 radical (unpaired) electrons. The van der Waals surface area contributed by atoms with Gasteiger partial charge in [0.15, 0.2) is 0 Å². The lowest BCUT2D eigenvalue weighted by Crippen LogP contribution is -2.35. The lowest BCUT2D eigenvalue weighted by molar-refractivity contribution is 0.0924. The summed E-state index contributed by atoms with van der Waals surface area (Å²) in [6.45, 7) is 1.67. The zero-order valence-corrected chi connectivity index (χ0v) is 9.55. The number of nitrogens with one attached hydrogen (secondary N) is 1. The predicted octanol–water partition coefficient (Wildman–Crippen LogP) is 1.35. The van der Waals surface area contributed by atoms with Crippen LogP contribution in [0.15, 0.2) is 36.5 Å². The summed E-state index contributed by atoms with van der Waals surface area (Å²) in [6.07, 6.45) is 1.66. The third kappa shape index (κ3) is 2.42. The van der Waals surface area contributed by atoms with Crippen LogP contribution in [-0.2, 0) is 0 Å². The van der Waals surface area contributed by atoms with Gasteiger partial charge in [-0.25, -0.2) is 0 Å². The van der Waals surface area contributed by atoms with Gasteiger partial charge < -0.3 is 10.4 Å². The molecule has 17 heavy (non-hydrogen) atoms. The fourth-order valence-electron chi connectivity index (χ4n) is 1.63. The van der Waals surface area contributed by atoms with Gasteiger partial charge in [0, 0.05) is 17.6 Å². The van der Waals surface area contributed by atoms with E-state index in [4.69, 9.17) is 5.11 Å². The molecule has 0 bridgehead atoms. The van der Waals surface area contributed by atoms with Crippen LogP contribution >= 0.6 is 0 Å². The molecule has 4 heteroatoms. The summed E-state index contributed by atoms with van der Waals surface area (Å²) in [5.41, 5.74) is 1.21. The lowest BCUT2D eigenvalue weighted by Gasteiger charge is -2.11. The smallest absolute Gasteiger partial charge is 0.253 e. The molecule has 1 aromatic heterocycles. The number of fused-ring (bicyclic) bond motifs is 1. The highest BCUT2D eigenvalue weighted by atomic mass is 16.3. The first-order valence-electron chi connectivity index (χ1n) is 5.48. The van der Waals surface area contributed by atoms with Crippen molar-refractivity contribution in [3.63, 3.8) is 0 Å². The molecule has 0 aliphatic heterocycles. The fraction of sp³-hybridized carbons (Fsp3) is 0.231. The molecule has 2 rings (SSSR count). The summed E-state index contributed by atoms with van der Waals surface area (Å²) < 4.78 is 0. The highest BCUT2D eigenvalue weighted by molar-refractivity contribution is 6.05. The molecule has 0 saturated heterocycles. The lowest BCUT2D eigenvalue weighted by atomic mass is 10.1. The average molecular weight is 230 g/mol. The summed E-state index contributed by atoms with van der Waals surface area (Å²) in [7, 11) is 0. The second kappa shape index (κ2) is 4.93. The number of hydrogen-bond acceptors (Lipinski definition) is 3. The van der Waals surface area contributed by atoms with Crippen LogP contribution in [0.2, 0.25) is 0 Å². The van der Waals surface area contributed by atoms with Gasteiger partial charge in [-0.15, -0.1) is 0 Å². The summed E-state index contributed by atoms with van der Waals surface area (Å²) >= 11 is 0. The van der Waals surface area contributed by atoms with E-state index in [1.807, 2.05) is 24.3 Å². The Labute approximate surface area is 99.3 Å². The molecular formula is C13H14N2O2. The number of aliphatic hydroxyl groups excluding tert-OH is 1. The maximum absolute atomic E-state index is 12.0. The Balaban J connectivity index is 2.38. The molecule has 88 valence electrons. The van der Waals surface area contributed by atoms with Crippen molar-refractivity contribution in [2.24, 2.45) is 0 Å². The van der Waals surface area contributed by atoms with Crippen LogP contribution in [0.3, 0.4) is 0 Å². The van der Waals surface area contributed by atoms with Gasteiger partial charge in [-0.05, 0) is 19.1 Å². The van der Waals surface area contributed by atoms with E-state index in [0.29, 0.717) is 11.1 Å². The van der Waals surface area contributed by atoms with E-state index in [1.54, 1.807) is 19.2 Å². The van der Waals surface area contributed by atoms with Crippen molar-refractivity contribution < 1.29 is 9.90 Å². The molecule has 0 fully saturated rings. The van der Waals surface area contributed by atoms with Crippen LogP contribution in [0.25, 0.3) is 10.9 Å². The second-order valence-corrected chi connectivity index (χ2v) is 3.94. The summed E-state index contributed by atoms with van der Waals surface area (Å²) in [5, 5.41) is 12.6. The zero-order valence-electron chi connectivity index (χ0n) is 9.55. The van der Waals surface area contributed by atoms with E-state index >= 15 is 0 Å². The van der Waals surface area contributed by atoms with E-state index in [9.17, 15) is 4.79 Å². The normalized spacial score (nSPS) is 12.4. The minimum absolute atomic E-state index is 0.0794. The molecule has 1 atom stereocenters. The van der Waals surface area contributed by atoms with Crippen LogP contribution in [0, 0.1) is 0 Å². The van der Waals surface area contributed by atoms with Crippen molar-refractivity contribution in [1.29, 1.82) is 0 Å². The van der Waals surface area contributed by atoms with Gasteiger partial charge >= 0.3 is 0 Å². The van der Waals surface area contributed by atoms with Crippen LogP contribution in [0.5, 0.6) is 0 Å². The molecule has 4 nitrogen and oxygen atoms in total. The zero-order chi connectivity index (χ0) is 12.3. The van der Waals surface area contributed by atoms with E-state index in [0.717, 1.165) is 5.39 Å². The molecule has 2 N–H and O–H groups in total. The van der Waals surface area contributed by atoms with Crippen LogP contribution in [0.4, 0.5) is 0 Å². The van der Waals surface area contributed by atoms with Crippen LogP contribution < -0.4 is 5.32 Å². The number of hydrogen-bond donors (Lipinski definition) is 2. The summed E-state index contributed by atoms with van der Waals surface area (Å²) in [5.74, 6) is -0.212. The number of aromatic nitrogens is 1. The monoisotopic (exact) mass is 230 g/mol. The molecule has 0 spiro atoms. The standard InChI is InChI=1S/C13H14N2O2/c1-9(8-16)15-13(17)11-6-2-4-10-5-3-7-14-12(10)11/h2-7,9,16H,8H2,1H3,(H,15,17)/t9-/m1/s1. The minimum Gasteiger partial charge on any atom is -0.394 e. The Hall–Kier alpha value is -1.94. The van der Waals surface area contributed by atoms with Crippen molar-refractivity contribution in [1.82, 2.24) is 10.3 Å². The van der Waals surface area contributed by atoms with E-state index < -0.39 is 0 Å². The number of para-hydroxylation sites is 1. The predicted molar refractivity (Wildman–Crippen MR) is 65.8 cm³/mol. The summed E-state index contributed by atoms with van der Waals surface area (Å²) in [6, 6.07) is 8.95. The first-order valence-corrected chi connectivity index (χ1v) is 5.48. The number of rotatable bonds is 3. The molecule has 0 aliphatic carbocycles. The minimum atomic E-state index is -0.263. The van der Waals surface area contributed by atoms with Crippen molar-refractivity contribution in [3.8, 4) is 0 Å². The molecule has 0 unspecified atom stereocenters. The van der Waals surface area contributed by atoms with Gasteiger partial charge in [0.25, 0.3) is 5.91 Å². The Kier molecular flexibility index (Phi) is 3.35. The van der Waals surface area contributed by atoms with Gasteiger partial charge in [0.2, 0.25) is 0 Å². The highest BCUT2D eigenvalue weighted by Crippen LogP contribution is 2.15. The third-order valence-electron chi connectivity index (χ3n) is 2.53. The molecule has 1 aromatic carbocycles. The van der Waals surface area contributed by atoms with Crippen molar-refractivity contribution >= 4 is 16.8 Å². The Morgan fingerprint density at radius 2 is 2.18 bits per heavy atom. The van der Waals surface area contributed by atoms with Gasteiger partial charge in [-0.3, -0.25) is 9.78 Å². The molecular weight excluding hydrogens is 216 g/mol. The first kappa shape index (κ1) is 11.5. The number of aliphatic hydroxyl groups is 1. The van der Waals surface area contributed by atoms with Crippen molar-refractivity contribution in [2.45, 2.75) is 13.0 Å². The highest BCUT2D eigenvalue weighted by Gasteiger charge is 2.12.